The van der Waals surface area contributed by atoms with E-state index in [-0.39, 0.29) is 30.3 Å². The third-order valence-electron chi connectivity index (χ3n) is 7.23. The molecule has 2 aromatic carbocycles. The fraction of sp³-hybridized carbons (Fsp3) is 0.464. The van der Waals surface area contributed by atoms with Crippen LogP contribution in [0.25, 0.3) is 11.1 Å². The highest BCUT2D eigenvalue weighted by Gasteiger charge is 2.30. The number of aliphatic carboxylic acids is 1. The fourth-order valence-electron chi connectivity index (χ4n) is 5.41. The predicted molar refractivity (Wildman–Crippen MR) is 133 cm³/mol. The summed E-state index contributed by atoms with van der Waals surface area (Å²) < 4.78 is 5.61. The van der Waals surface area contributed by atoms with Gasteiger partial charge in [0.2, 0.25) is 5.91 Å². The number of carbonyl (C=O) groups excluding carboxylic acids is 2. The summed E-state index contributed by atoms with van der Waals surface area (Å²) in [5.41, 5.74) is 4.59. The van der Waals surface area contributed by atoms with Crippen molar-refractivity contribution in [2.75, 3.05) is 13.2 Å². The molecular formula is C28H34N2O5. The lowest BCUT2D eigenvalue weighted by atomic mass is 9.81. The van der Waals surface area contributed by atoms with Gasteiger partial charge in [-0.2, -0.15) is 0 Å². The summed E-state index contributed by atoms with van der Waals surface area (Å²) in [6.07, 6.45) is 3.65. The molecule has 2 amide bonds. The van der Waals surface area contributed by atoms with Crippen LogP contribution in [0.4, 0.5) is 4.79 Å². The number of hydrogen-bond donors (Lipinski definition) is 3. The van der Waals surface area contributed by atoms with Gasteiger partial charge in [0, 0.05) is 12.5 Å². The lowest BCUT2D eigenvalue weighted by Crippen LogP contribution is -2.48. The SMILES string of the molecule is CCC[C@H](NC(=O)OCC1c2ccccc2-c2ccccc21)C(=O)NCC1CCCC(C(=O)O)C1. The van der Waals surface area contributed by atoms with Crippen molar-refractivity contribution in [3.8, 4) is 11.1 Å². The predicted octanol–water partition coefficient (Wildman–Crippen LogP) is 4.70. The van der Waals surface area contributed by atoms with Crippen molar-refractivity contribution in [2.45, 2.75) is 57.4 Å². The Hall–Kier alpha value is -3.35. The first kappa shape index (κ1) is 24.8. The molecule has 1 saturated carbocycles. The molecule has 1 fully saturated rings. The van der Waals surface area contributed by atoms with Crippen molar-refractivity contribution < 1.29 is 24.2 Å². The Morgan fingerprint density at radius 2 is 1.69 bits per heavy atom. The number of fused-ring (bicyclic) bond motifs is 3. The molecule has 3 N–H and O–H groups in total. The van der Waals surface area contributed by atoms with Crippen molar-refractivity contribution in [3.05, 3.63) is 59.7 Å². The maximum Gasteiger partial charge on any atom is 0.407 e. The van der Waals surface area contributed by atoms with Gasteiger partial charge in [-0.25, -0.2) is 4.79 Å². The second kappa shape index (κ2) is 11.4. The van der Waals surface area contributed by atoms with Crippen LogP contribution in [-0.2, 0) is 14.3 Å². The molecule has 4 rings (SSSR count). The molecule has 7 heteroatoms. The lowest BCUT2D eigenvalue weighted by Gasteiger charge is -2.27. The summed E-state index contributed by atoms with van der Waals surface area (Å²) in [5, 5.41) is 14.9. The van der Waals surface area contributed by atoms with Crippen molar-refractivity contribution in [3.63, 3.8) is 0 Å². The Labute approximate surface area is 206 Å². The minimum Gasteiger partial charge on any atom is -0.481 e. The number of rotatable bonds is 9. The molecule has 2 unspecified atom stereocenters. The zero-order valence-corrected chi connectivity index (χ0v) is 20.2. The van der Waals surface area contributed by atoms with Gasteiger partial charge in [-0.1, -0.05) is 68.3 Å². The molecule has 2 aliphatic rings. The highest BCUT2D eigenvalue weighted by molar-refractivity contribution is 5.85. The number of amides is 2. The topological polar surface area (TPSA) is 105 Å². The number of ether oxygens (including phenoxy) is 1. The Kier molecular flexibility index (Phi) is 8.06. The molecule has 0 aromatic heterocycles. The quantitative estimate of drug-likeness (QED) is 0.485. The lowest BCUT2D eigenvalue weighted by molar-refractivity contribution is -0.143. The average Bonchev–Trinajstić information content (AvgIpc) is 3.19. The summed E-state index contributed by atoms with van der Waals surface area (Å²) in [4.78, 5) is 36.8. The van der Waals surface area contributed by atoms with E-state index >= 15 is 0 Å². The van der Waals surface area contributed by atoms with Gasteiger partial charge >= 0.3 is 12.1 Å². The van der Waals surface area contributed by atoms with E-state index < -0.39 is 18.1 Å². The number of carboxylic acids is 1. The summed E-state index contributed by atoms with van der Waals surface area (Å²) in [5.74, 6) is -1.25. The van der Waals surface area contributed by atoms with Gasteiger partial charge in [0.1, 0.15) is 12.6 Å². The van der Waals surface area contributed by atoms with E-state index in [0.29, 0.717) is 25.8 Å². The molecule has 0 aliphatic heterocycles. The molecule has 186 valence electrons. The van der Waals surface area contributed by atoms with E-state index in [0.717, 1.165) is 41.5 Å². The third-order valence-corrected chi connectivity index (χ3v) is 7.23. The number of alkyl carbamates (subject to hydrolysis) is 1. The van der Waals surface area contributed by atoms with E-state index in [4.69, 9.17) is 4.74 Å². The van der Waals surface area contributed by atoms with Gasteiger partial charge in [0.15, 0.2) is 0 Å². The van der Waals surface area contributed by atoms with Gasteiger partial charge in [-0.3, -0.25) is 9.59 Å². The second-order valence-corrected chi connectivity index (χ2v) is 9.62. The van der Waals surface area contributed by atoms with Crippen molar-refractivity contribution in [1.82, 2.24) is 10.6 Å². The maximum absolute atomic E-state index is 12.8. The summed E-state index contributed by atoms with van der Waals surface area (Å²) in [6.45, 7) is 2.58. The fourth-order valence-corrected chi connectivity index (χ4v) is 5.41. The number of carbonyl (C=O) groups is 3. The Balaban J connectivity index is 1.31. The second-order valence-electron chi connectivity index (χ2n) is 9.62. The largest absolute Gasteiger partial charge is 0.481 e. The van der Waals surface area contributed by atoms with E-state index in [1.165, 1.54) is 0 Å². The number of hydrogen-bond acceptors (Lipinski definition) is 4. The molecule has 35 heavy (non-hydrogen) atoms. The van der Waals surface area contributed by atoms with Crippen LogP contribution >= 0.6 is 0 Å². The van der Waals surface area contributed by atoms with Crippen molar-refractivity contribution in [1.29, 1.82) is 0 Å². The van der Waals surface area contributed by atoms with Gasteiger partial charge in [-0.05, 0) is 53.9 Å². The zero-order chi connectivity index (χ0) is 24.8. The molecule has 0 heterocycles. The first-order chi connectivity index (χ1) is 17.0. The average molecular weight is 479 g/mol. The van der Waals surface area contributed by atoms with Crippen LogP contribution in [0.5, 0.6) is 0 Å². The highest BCUT2D eigenvalue weighted by Crippen LogP contribution is 2.44. The number of carboxylic acid groups (broad SMARTS) is 1. The van der Waals surface area contributed by atoms with E-state index in [2.05, 4.69) is 34.9 Å². The first-order valence-corrected chi connectivity index (χ1v) is 12.6. The van der Waals surface area contributed by atoms with E-state index in [1.807, 2.05) is 31.2 Å². The minimum atomic E-state index is -0.762. The van der Waals surface area contributed by atoms with Crippen molar-refractivity contribution >= 4 is 18.0 Å². The van der Waals surface area contributed by atoms with Crippen LogP contribution in [0, 0.1) is 11.8 Å². The molecule has 0 radical (unpaired) electrons. The van der Waals surface area contributed by atoms with Crippen LogP contribution in [-0.4, -0.2) is 42.3 Å². The van der Waals surface area contributed by atoms with Crippen molar-refractivity contribution in [2.24, 2.45) is 11.8 Å². The normalized spacial score (nSPS) is 19.8. The Morgan fingerprint density at radius 1 is 1.03 bits per heavy atom. The van der Waals surface area contributed by atoms with Gasteiger partial charge < -0.3 is 20.5 Å². The first-order valence-electron chi connectivity index (χ1n) is 12.6. The van der Waals surface area contributed by atoms with Crippen LogP contribution < -0.4 is 10.6 Å². The van der Waals surface area contributed by atoms with Crippen LogP contribution in [0.2, 0.25) is 0 Å². The smallest absolute Gasteiger partial charge is 0.407 e. The maximum atomic E-state index is 12.8. The molecule has 2 aliphatic carbocycles. The standard InChI is InChI=1S/C28H34N2O5/c1-2-8-25(26(31)29-16-18-9-7-10-19(15-18)27(32)33)30-28(34)35-17-24-22-13-5-3-11-20(22)21-12-4-6-14-23(21)24/h3-6,11-14,18-19,24-25H,2,7-10,15-17H2,1H3,(H,29,31)(H,30,34)(H,32,33)/t18?,19?,25-/m0/s1. The molecule has 0 saturated heterocycles. The number of nitrogens with one attached hydrogen (secondary N) is 2. The molecule has 0 bridgehead atoms. The monoisotopic (exact) mass is 478 g/mol. The molecule has 0 spiro atoms. The minimum absolute atomic E-state index is 0.0416. The van der Waals surface area contributed by atoms with Gasteiger partial charge in [-0.15, -0.1) is 0 Å². The Morgan fingerprint density at radius 3 is 2.31 bits per heavy atom. The summed E-state index contributed by atoms with van der Waals surface area (Å²) in [6, 6.07) is 15.6. The summed E-state index contributed by atoms with van der Waals surface area (Å²) >= 11 is 0. The van der Waals surface area contributed by atoms with Crippen LogP contribution in [0.3, 0.4) is 0 Å². The van der Waals surface area contributed by atoms with Gasteiger partial charge in [0.05, 0.1) is 5.92 Å². The summed E-state index contributed by atoms with van der Waals surface area (Å²) in [7, 11) is 0. The highest BCUT2D eigenvalue weighted by atomic mass is 16.5. The third kappa shape index (κ3) is 5.84. The van der Waals surface area contributed by atoms with E-state index in [9.17, 15) is 19.5 Å². The number of benzene rings is 2. The van der Waals surface area contributed by atoms with E-state index in [1.54, 1.807) is 0 Å². The van der Waals surface area contributed by atoms with Crippen LogP contribution in [0.1, 0.15) is 62.5 Å². The molecule has 7 nitrogen and oxygen atoms in total. The zero-order valence-electron chi connectivity index (χ0n) is 20.2. The molecule has 3 atom stereocenters. The van der Waals surface area contributed by atoms with Gasteiger partial charge in [0.25, 0.3) is 0 Å². The van der Waals surface area contributed by atoms with Crippen LogP contribution in [0.15, 0.2) is 48.5 Å². The molecular weight excluding hydrogens is 444 g/mol. The Bertz CT molecular complexity index is 1020. The molecule has 2 aromatic rings.